The van der Waals surface area contributed by atoms with E-state index < -0.39 is 0 Å². The molecule has 3 nitrogen and oxygen atoms in total. The van der Waals surface area contributed by atoms with Gasteiger partial charge in [0.2, 0.25) is 5.91 Å². The Balaban J connectivity index is 1.69. The van der Waals surface area contributed by atoms with Crippen molar-refractivity contribution in [3.8, 4) is 0 Å². The molecule has 1 amide bonds. The number of amides is 1. The van der Waals surface area contributed by atoms with Crippen LogP contribution in [0.4, 0.5) is 0 Å². The maximum absolute atomic E-state index is 12.5. The van der Waals surface area contributed by atoms with Crippen molar-refractivity contribution >= 4 is 17.5 Å². The number of nitrogens with one attached hydrogen (secondary N) is 1. The van der Waals surface area contributed by atoms with Gasteiger partial charge in [0.25, 0.3) is 0 Å². The second-order valence-electron chi connectivity index (χ2n) is 6.21. The third-order valence-electron chi connectivity index (χ3n) is 4.58. The molecule has 0 saturated heterocycles. The van der Waals surface area contributed by atoms with E-state index in [0.717, 1.165) is 49.1 Å². The van der Waals surface area contributed by atoms with Gasteiger partial charge in [0, 0.05) is 17.0 Å². The molecule has 0 bridgehead atoms. The summed E-state index contributed by atoms with van der Waals surface area (Å²) in [7, 11) is 0. The zero-order valence-corrected chi connectivity index (χ0v) is 12.3. The van der Waals surface area contributed by atoms with Gasteiger partial charge in [-0.1, -0.05) is 30.2 Å². The minimum absolute atomic E-state index is 0.0791. The van der Waals surface area contributed by atoms with E-state index in [1.54, 1.807) is 0 Å². The van der Waals surface area contributed by atoms with Gasteiger partial charge in [-0.25, -0.2) is 0 Å². The standard InChI is InChI=1S/C16H21ClN2O/c17-13-5-2-4-12(10-13)16(7-8-16)19-15(20)11-3-1-6-14(18)9-11/h2,4-5,10-11,14H,1,3,6-9,18H2,(H,19,20). The molecule has 0 radical (unpaired) electrons. The van der Waals surface area contributed by atoms with Crippen LogP contribution >= 0.6 is 11.6 Å². The molecule has 2 aliphatic carbocycles. The van der Waals surface area contributed by atoms with Crippen LogP contribution in [0, 0.1) is 5.92 Å². The number of carbonyl (C=O) groups is 1. The molecule has 108 valence electrons. The third kappa shape index (κ3) is 2.84. The van der Waals surface area contributed by atoms with E-state index >= 15 is 0 Å². The average molecular weight is 293 g/mol. The summed E-state index contributed by atoms with van der Waals surface area (Å²) in [4.78, 5) is 12.5. The average Bonchev–Trinajstić information content (AvgIpc) is 3.20. The molecule has 0 aromatic heterocycles. The highest BCUT2D eigenvalue weighted by atomic mass is 35.5. The first kappa shape index (κ1) is 13.9. The number of benzene rings is 1. The molecule has 20 heavy (non-hydrogen) atoms. The summed E-state index contributed by atoms with van der Waals surface area (Å²) in [5, 5.41) is 3.97. The third-order valence-corrected chi connectivity index (χ3v) is 4.81. The Morgan fingerprint density at radius 1 is 1.35 bits per heavy atom. The van der Waals surface area contributed by atoms with Crippen molar-refractivity contribution in [2.45, 2.75) is 50.1 Å². The van der Waals surface area contributed by atoms with Gasteiger partial charge in [-0.3, -0.25) is 4.79 Å². The summed E-state index contributed by atoms with van der Waals surface area (Å²) in [6.07, 6.45) is 5.88. The molecule has 2 aliphatic rings. The van der Waals surface area contributed by atoms with Gasteiger partial charge in [0.05, 0.1) is 5.54 Å². The maximum atomic E-state index is 12.5. The first-order chi connectivity index (χ1) is 9.59. The van der Waals surface area contributed by atoms with Crippen molar-refractivity contribution in [2.24, 2.45) is 11.7 Å². The first-order valence-corrected chi connectivity index (χ1v) is 7.80. The number of nitrogens with two attached hydrogens (primary N) is 1. The van der Waals surface area contributed by atoms with Crippen LogP contribution in [-0.4, -0.2) is 11.9 Å². The van der Waals surface area contributed by atoms with Crippen LogP contribution in [0.15, 0.2) is 24.3 Å². The number of hydrogen-bond donors (Lipinski definition) is 2. The van der Waals surface area contributed by atoms with E-state index in [-0.39, 0.29) is 23.4 Å². The second-order valence-corrected chi connectivity index (χ2v) is 6.64. The van der Waals surface area contributed by atoms with Crippen LogP contribution in [0.3, 0.4) is 0 Å². The Labute approximate surface area is 124 Å². The van der Waals surface area contributed by atoms with Gasteiger partial charge >= 0.3 is 0 Å². The fraction of sp³-hybridized carbons (Fsp3) is 0.562. The molecule has 4 heteroatoms. The summed E-state index contributed by atoms with van der Waals surface area (Å²) in [5.74, 6) is 0.244. The fourth-order valence-corrected chi connectivity index (χ4v) is 3.39. The Hall–Kier alpha value is -1.06. The fourth-order valence-electron chi connectivity index (χ4n) is 3.20. The number of halogens is 1. The topological polar surface area (TPSA) is 55.1 Å². The van der Waals surface area contributed by atoms with Crippen molar-refractivity contribution in [2.75, 3.05) is 0 Å². The van der Waals surface area contributed by atoms with Crippen LogP contribution in [-0.2, 0) is 10.3 Å². The van der Waals surface area contributed by atoms with E-state index in [2.05, 4.69) is 5.32 Å². The number of carbonyl (C=O) groups excluding carboxylic acids is 1. The SMILES string of the molecule is NC1CCCC(C(=O)NC2(c3cccc(Cl)c3)CC2)C1. The quantitative estimate of drug-likeness (QED) is 0.900. The molecule has 0 aliphatic heterocycles. The van der Waals surface area contributed by atoms with Crippen molar-refractivity contribution in [1.29, 1.82) is 0 Å². The lowest BCUT2D eigenvalue weighted by molar-refractivity contribution is -0.127. The zero-order valence-electron chi connectivity index (χ0n) is 11.6. The van der Waals surface area contributed by atoms with Crippen molar-refractivity contribution in [1.82, 2.24) is 5.32 Å². The molecule has 2 fully saturated rings. The van der Waals surface area contributed by atoms with Crippen LogP contribution in [0.25, 0.3) is 0 Å². The highest BCUT2D eigenvalue weighted by Gasteiger charge is 2.46. The minimum Gasteiger partial charge on any atom is -0.346 e. The van der Waals surface area contributed by atoms with Gasteiger partial charge in [-0.05, 0) is 49.8 Å². The highest BCUT2D eigenvalue weighted by molar-refractivity contribution is 6.30. The lowest BCUT2D eigenvalue weighted by Crippen LogP contribution is -2.42. The smallest absolute Gasteiger partial charge is 0.223 e. The van der Waals surface area contributed by atoms with Crippen molar-refractivity contribution < 1.29 is 4.79 Å². The highest BCUT2D eigenvalue weighted by Crippen LogP contribution is 2.46. The van der Waals surface area contributed by atoms with Crippen molar-refractivity contribution in [3.05, 3.63) is 34.9 Å². The van der Waals surface area contributed by atoms with E-state index in [1.165, 1.54) is 0 Å². The summed E-state index contributed by atoms with van der Waals surface area (Å²) in [5.41, 5.74) is 6.92. The largest absolute Gasteiger partial charge is 0.346 e. The molecule has 1 aromatic rings. The Morgan fingerprint density at radius 2 is 2.15 bits per heavy atom. The normalized spacial score (nSPS) is 27.9. The van der Waals surface area contributed by atoms with Crippen LogP contribution in [0.2, 0.25) is 5.02 Å². The lowest BCUT2D eigenvalue weighted by Gasteiger charge is -2.28. The van der Waals surface area contributed by atoms with Crippen LogP contribution in [0.1, 0.15) is 44.1 Å². The molecule has 3 rings (SSSR count). The number of rotatable bonds is 3. The predicted octanol–water partition coefficient (Wildman–Crippen LogP) is 2.96. The van der Waals surface area contributed by atoms with E-state index in [9.17, 15) is 4.79 Å². The van der Waals surface area contributed by atoms with E-state index in [4.69, 9.17) is 17.3 Å². The molecule has 2 unspecified atom stereocenters. The van der Waals surface area contributed by atoms with Gasteiger partial charge in [0.1, 0.15) is 0 Å². The summed E-state index contributed by atoms with van der Waals surface area (Å²) < 4.78 is 0. The summed E-state index contributed by atoms with van der Waals surface area (Å²) >= 11 is 6.05. The van der Waals surface area contributed by atoms with Gasteiger partial charge in [-0.15, -0.1) is 0 Å². The molecule has 2 saturated carbocycles. The first-order valence-electron chi connectivity index (χ1n) is 7.43. The van der Waals surface area contributed by atoms with E-state index in [1.807, 2.05) is 24.3 Å². The second kappa shape index (κ2) is 5.38. The molecular weight excluding hydrogens is 272 g/mol. The Kier molecular flexibility index (Phi) is 3.74. The molecular formula is C16H21ClN2O. The predicted molar refractivity (Wildman–Crippen MR) is 80.4 cm³/mol. The maximum Gasteiger partial charge on any atom is 0.223 e. The number of hydrogen-bond acceptors (Lipinski definition) is 2. The molecule has 3 N–H and O–H groups in total. The molecule has 0 spiro atoms. The Bertz CT molecular complexity index is 513. The van der Waals surface area contributed by atoms with Crippen LogP contribution in [0.5, 0.6) is 0 Å². The summed E-state index contributed by atoms with van der Waals surface area (Å²) in [6.45, 7) is 0. The molecule has 1 aromatic carbocycles. The van der Waals surface area contributed by atoms with Gasteiger partial charge in [-0.2, -0.15) is 0 Å². The Morgan fingerprint density at radius 3 is 2.80 bits per heavy atom. The molecule has 0 heterocycles. The van der Waals surface area contributed by atoms with Crippen LogP contribution < -0.4 is 11.1 Å². The monoisotopic (exact) mass is 292 g/mol. The molecule has 2 atom stereocenters. The van der Waals surface area contributed by atoms with Gasteiger partial charge < -0.3 is 11.1 Å². The van der Waals surface area contributed by atoms with Crippen molar-refractivity contribution in [3.63, 3.8) is 0 Å². The van der Waals surface area contributed by atoms with E-state index in [0.29, 0.717) is 0 Å². The zero-order chi connectivity index (χ0) is 14.2. The van der Waals surface area contributed by atoms with Gasteiger partial charge in [0.15, 0.2) is 0 Å². The minimum atomic E-state index is -0.177. The lowest BCUT2D eigenvalue weighted by atomic mass is 9.85. The summed E-state index contributed by atoms with van der Waals surface area (Å²) in [6, 6.07) is 8.00.